The van der Waals surface area contributed by atoms with Crippen molar-refractivity contribution in [3.8, 4) is 0 Å². The second kappa shape index (κ2) is 4.62. The Morgan fingerprint density at radius 1 is 1.10 bits per heavy atom. The molecule has 2 amide bonds. The van der Waals surface area contributed by atoms with Gasteiger partial charge in [0, 0.05) is 11.7 Å². The number of amides is 2. The number of benzene rings is 1. The van der Waals surface area contributed by atoms with Crippen molar-refractivity contribution in [2.75, 3.05) is 5.73 Å². The van der Waals surface area contributed by atoms with Gasteiger partial charge in [0.25, 0.3) is 11.8 Å². The van der Waals surface area contributed by atoms with Crippen LogP contribution in [0.3, 0.4) is 0 Å². The van der Waals surface area contributed by atoms with E-state index < -0.39 is 0 Å². The molecular formula is C16H20N2O2. The van der Waals surface area contributed by atoms with Gasteiger partial charge in [0.05, 0.1) is 11.1 Å². The van der Waals surface area contributed by atoms with E-state index in [-0.39, 0.29) is 17.9 Å². The van der Waals surface area contributed by atoms with E-state index in [0.717, 1.165) is 12.8 Å². The summed E-state index contributed by atoms with van der Waals surface area (Å²) in [7, 11) is 0. The van der Waals surface area contributed by atoms with Gasteiger partial charge in [-0.2, -0.15) is 0 Å². The summed E-state index contributed by atoms with van der Waals surface area (Å²) >= 11 is 0. The number of fused-ring (bicyclic) bond motifs is 1. The number of nitrogen functional groups attached to an aromatic ring is 1. The van der Waals surface area contributed by atoms with E-state index in [4.69, 9.17) is 5.73 Å². The van der Waals surface area contributed by atoms with Gasteiger partial charge in [-0.1, -0.05) is 26.3 Å². The Labute approximate surface area is 118 Å². The van der Waals surface area contributed by atoms with Gasteiger partial charge in [0.2, 0.25) is 0 Å². The summed E-state index contributed by atoms with van der Waals surface area (Å²) in [5.41, 5.74) is 7.14. The van der Waals surface area contributed by atoms with Gasteiger partial charge in [-0.25, -0.2) is 0 Å². The number of nitrogens with zero attached hydrogens (tertiary/aromatic N) is 1. The second-order valence-corrected chi connectivity index (χ2v) is 6.13. The van der Waals surface area contributed by atoms with Crippen molar-refractivity contribution in [1.82, 2.24) is 4.90 Å². The van der Waals surface area contributed by atoms with Crippen LogP contribution in [0.1, 0.15) is 53.8 Å². The number of nitrogens with two attached hydrogens (primary N) is 1. The first kappa shape index (κ1) is 13.2. The maximum atomic E-state index is 12.6. The number of carbonyl (C=O) groups is 2. The molecule has 1 fully saturated rings. The Morgan fingerprint density at radius 3 is 2.35 bits per heavy atom. The highest BCUT2D eigenvalue weighted by Gasteiger charge is 2.45. The Morgan fingerprint density at radius 2 is 1.75 bits per heavy atom. The zero-order valence-corrected chi connectivity index (χ0v) is 11.9. The van der Waals surface area contributed by atoms with Crippen LogP contribution in [0, 0.1) is 11.8 Å². The van der Waals surface area contributed by atoms with Gasteiger partial charge in [-0.15, -0.1) is 0 Å². The normalized spacial score (nSPS) is 29.7. The SMILES string of the molecule is CC1CCCC(C)C1N1C(=O)c2cccc(N)c2C1=O. The van der Waals surface area contributed by atoms with Crippen LogP contribution in [0.2, 0.25) is 0 Å². The first-order valence-corrected chi connectivity index (χ1v) is 7.28. The summed E-state index contributed by atoms with van der Waals surface area (Å²) < 4.78 is 0. The lowest BCUT2D eigenvalue weighted by Crippen LogP contribution is -2.49. The molecule has 1 aliphatic heterocycles. The van der Waals surface area contributed by atoms with Crippen LogP contribution < -0.4 is 5.73 Å². The molecule has 2 unspecified atom stereocenters. The smallest absolute Gasteiger partial charge is 0.263 e. The van der Waals surface area contributed by atoms with Crippen molar-refractivity contribution >= 4 is 17.5 Å². The molecule has 2 N–H and O–H groups in total. The standard InChI is InChI=1S/C16H20N2O2/c1-9-5-3-6-10(2)14(9)18-15(19)11-7-4-8-12(17)13(11)16(18)20/h4,7-10,14H,3,5-6,17H2,1-2H3. The monoisotopic (exact) mass is 272 g/mol. The van der Waals surface area contributed by atoms with E-state index in [2.05, 4.69) is 13.8 Å². The molecule has 0 aromatic heterocycles. The molecule has 1 aromatic carbocycles. The minimum Gasteiger partial charge on any atom is -0.398 e. The molecule has 2 atom stereocenters. The van der Waals surface area contributed by atoms with Crippen molar-refractivity contribution in [2.45, 2.75) is 39.2 Å². The van der Waals surface area contributed by atoms with Crippen molar-refractivity contribution in [2.24, 2.45) is 11.8 Å². The minimum atomic E-state index is -0.214. The Balaban J connectivity index is 2.03. The quantitative estimate of drug-likeness (QED) is 0.631. The van der Waals surface area contributed by atoms with Crippen molar-refractivity contribution in [1.29, 1.82) is 0 Å². The molecule has 2 aliphatic rings. The van der Waals surface area contributed by atoms with E-state index in [1.165, 1.54) is 11.3 Å². The molecule has 0 radical (unpaired) electrons. The van der Waals surface area contributed by atoms with Crippen LogP contribution in [0.5, 0.6) is 0 Å². The summed E-state index contributed by atoms with van der Waals surface area (Å²) in [6.07, 6.45) is 3.31. The fourth-order valence-electron chi connectivity index (χ4n) is 3.77. The molecule has 106 valence electrons. The molecule has 1 saturated carbocycles. The molecule has 0 bridgehead atoms. The topological polar surface area (TPSA) is 63.4 Å². The summed E-state index contributed by atoms with van der Waals surface area (Å²) in [5.74, 6) is 0.306. The van der Waals surface area contributed by atoms with Crippen molar-refractivity contribution < 1.29 is 9.59 Å². The molecule has 0 saturated heterocycles. The summed E-state index contributed by atoms with van der Waals surface area (Å²) in [6, 6.07) is 5.11. The number of anilines is 1. The number of imide groups is 1. The predicted octanol–water partition coefficient (Wildman–Crippen LogP) is 2.69. The van der Waals surface area contributed by atoms with Gasteiger partial charge < -0.3 is 5.73 Å². The maximum absolute atomic E-state index is 12.6. The highest BCUT2D eigenvalue weighted by molar-refractivity contribution is 6.23. The average Bonchev–Trinajstić information content (AvgIpc) is 2.65. The summed E-state index contributed by atoms with van der Waals surface area (Å²) in [6.45, 7) is 4.26. The van der Waals surface area contributed by atoms with Gasteiger partial charge in [0.1, 0.15) is 0 Å². The van der Waals surface area contributed by atoms with Crippen molar-refractivity contribution in [3.63, 3.8) is 0 Å². The molecule has 1 aromatic rings. The zero-order chi connectivity index (χ0) is 14.4. The molecule has 4 nitrogen and oxygen atoms in total. The van der Waals surface area contributed by atoms with E-state index in [9.17, 15) is 9.59 Å². The van der Waals surface area contributed by atoms with Crippen LogP contribution in [-0.2, 0) is 0 Å². The molecule has 1 heterocycles. The van der Waals surface area contributed by atoms with Crippen LogP contribution in [-0.4, -0.2) is 22.8 Å². The maximum Gasteiger partial charge on any atom is 0.263 e. The highest BCUT2D eigenvalue weighted by atomic mass is 16.2. The third kappa shape index (κ3) is 1.74. The van der Waals surface area contributed by atoms with Crippen LogP contribution in [0.4, 0.5) is 5.69 Å². The third-order valence-electron chi connectivity index (χ3n) is 4.76. The molecule has 3 rings (SSSR count). The fourth-order valence-corrected chi connectivity index (χ4v) is 3.77. The van der Waals surface area contributed by atoms with Gasteiger partial charge >= 0.3 is 0 Å². The summed E-state index contributed by atoms with van der Waals surface area (Å²) in [5, 5.41) is 0. The lowest BCUT2D eigenvalue weighted by Gasteiger charge is -2.39. The Bertz CT molecular complexity index is 572. The van der Waals surface area contributed by atoms with Crippen LogP contribution in [0.25, 0.3) is 0 Å². The fraction of sp³-hybridized carbons (Fsp3) is 0.500. The minimum absolute atomic E-state index is 0.00412. The lowest BCUT2D eigenvalue weighted by atomic mass is 9.78. The van der Waals surface area contributed by atoms with E-state index in [1.54, 1.807) is 18.2 Å². The first-order chi connectivity index (χ1) is 9.52. The van der Waals surface area contributed by atoms with Gasteiger partial charge in [0.15, 0.2) is 0 Å². The largest absolute Gasteiger partial charge is 0.398 e. The first-order valence-electron chi connectivity index (χ1n) is 7.28. The lowest BCUT2D eigenvalue weighted by molar-refractivity contribution is 0.0392. The van der Waals surface area contributed by atoms with Crippen LogP contribution >= 0.6 is 0 Å². The number of hydrogen-bond acceptors (Lipinski definition) is 3. The van der Waals surface area contributed by atoms with Crippen LogP contribution in [0.15, 0.2) is 18.2 Å². The number of rotatable bonds is 1. The molecule has 20 heavy (non-hydrogen) atoms. The van der Waals surface area contributed by atoms with Gasteiger partial charge in [-0.05, 0) is 36.8 Å². The summed E-state index contributed by atoms with van der Waals surface area (Å²) in [4.78, 5) is 26.7. The molecule has 1 aliphatic carbocycles. The highest BCUT2D eigenvalue weighted by Crippen LogP contribution is 2.38. The molecule has 0 spiro atoms. The average molecular weight is 272 g/mol. The predicted molar refractivity (Wildman–Crippen MR) is 77.3 cm³/mol. The Hall–Kier alpha value is -1.84. The second-order valence-electron chi connectivity index (χ2n) is 6.13. The van der Waals surface area contributed by atoms with E-state index in [0.29, 0.717) is 28.7 Å². The number of hydrogen-bond donors (Lipinski definition) is 1. The number of carbonyl (C=O) groups excluding carboxylic acids is 2. The molecule has 4 heteroatoms. The van der Waals surface area contributed by atoms with E-state index >= 15 is 0 Å². The van der Waals surface area contributed by atoms with E-state index in [1.807, 2.05) is 0 Å². The third-order valence-corrected chi connectivity index (χ3v) is 4.76. The van der Waals surface area contributed by atoms with Gasteiger partial charge in [-0.3, -0.25) is 14.5 Å². The Kier molecular flexibility index (Phi) is 3.04. The molecular weight excluding hydrogens is 252 g/mol. The van der Waals surface area contributed by atoms with Crippen molar-refractivity contribution in [3.05, 3.63) is 29.3 Å². The zero-order valence-electron chi connectivity index (χ0n) is 11.9.